The van der Waals surface area contributed by atoms with Gasteiger partial charge in [0, 0.05) is 6.20 Å². The number of hydrogen-bond acceptors (Lipinski definition) is 2. The van der Waals surface area contributed by atoms with Crippen molar-refractivity contribution in [3.63, 3.8) is 0 Å². The van der Waals surface area contributed by atoms with E-state index in [1.807, 2.05) is 0 Å². The number of halogens is 2. The maximum Gasteiger partial charge on any atom is 0.250 e. The molecule has 0 spiro atoms. The van der Waals surface area contributed by atoms with Crippen molar-refractivity contribution in [2.24, 2.45) is 5.41 Å². The highest BCUT2D eigenvalue weighted by atomic mass is 35.5. The summed E-state index contributed by atoms with van der Waals surface area (Å²) in [6.07, 6.45) is 3.49. The Morgan fingerprint density at radius 3 is 2.75 bits per heavy atom. The number of rotatable bonds is 5. The summed E-state index contributed by atoms with van der Waals surface area (Å²) < 4.78 is 18.7. The minimum absolute atomic E-state index is 0.0218. The van der Waals surface area contributed by atoms with Crippen molar-refractivity contribution < 1.29 is 9.13 Å². The van der Waals surface area contributed by atoms with Crippen LogP contribution in [-0.2, 0) is 0 Å². The maximum atomic E-state index is 13.3. The van der Waals surface area contributed by atoms with Gasteiger partial charge in [0.05, 0.1) is 11.6 Å². The van der Waals surface area contributed by atoms with E-state index in [4.69, 9.17) is 16.3 Å². The SMILES string of the molecule is CCCC(C)(C)COc1ncc(Cl)cc1F. The molecule has 0 aliphatic heterocycles. The fourth-order valence-electron chi connectivity index (χ4n) is 1.52. The molecule has 1 heterocycles. The Morgan fingerprint density at radius 1 is 1.50 bits per heavy atom. The maximum absolute atomic E-state index is 13.3. The molecule has 0 bridgehead atoms. The van der Waals surface area contributed by atoms with E-state index in [1.165, 1.54) is 12.3 Å². The number of aromatic nitrogens is 1. The van der Waals surface area contributed by atoms with Crippen LogP contribution in [0.25, 0.3) is 0 Å². The van der Waals surface area contributed by atoms with Gasteiger partial charge in [-0.15, -0.1) is 0 Å². The summed E-state index contributed by atoms with van der Waals surface area (Å²) in [5, 5.41) is 0.276. The van der Waals surface area contributed by atoms with Gasteiger partial charge < -0.3 is 4.74 Å². The minimum Gasteiger partial charge on any atom is -0.475 e. The van der Waals surface area contributed by atoms with Crippen LogP contribution in [0, 0.1) is 11.2 Å². The molecule has 0 aromatic carbocycles. The van der Waals surface area contributed by atoms with Crippen LogP contribution in [0.4, 0.5) is 4.39 Å². The molecule has 0 atom stereocenters. The van der Waals surface area contributed by atoms with E-state index in [0.717, 1.165) is 12.8 Å². The summed E-state index contributed by atoms with van der Waals surface area (Å²) in [4.78, 5) is 3.81. The molecular formula is C12H17ClFNO. The average molecular weight is 246 g/mol. The van der Waals surface area contributed by atoms with Gasteiger partial charge in [0.1, 0.15) is 0 Å². The summed E-state index contributed by atoms with van der Waals surface area (Å²) >= 11 is 5.60. The van der Waals surface area contributed by atoms with Gasteiger partial charge in [0.2, 0.25) is 5.88 Å². The molecule has 0 fully saturated rings. The van der Waals surface area contributed by atoms with Crippen LogP contribution in [0.3, 0.4) is 0 Å². The first-order chi connectivity index (χ1) is 7.44. The minimum atomic E-state index is -0.514. The molecule has 4 heteroatoms. The highest BCUT2D eigenvalue weighted by molar-refractivity contribution is 6.30. The van der Waals surface area contributed by atoms with E-state index in [2.05, 4.69) is 25.8 Å². The Hall–Kier alpha value is -0.830. The zero-order valence-electron chi connectivity index (χ0n) is 9.89. The van der Waals surface area contributed by atoms with E-state index >= 15 is 0 Å². The predicted molar refractivity (Wildman–Crippen MR) is 63.4 cm³/mol. The van der Waals surface area contributed by atoms with Gasteiger partial charge in [-0.2, -0.15) is 0 Å². The van der Waals surface area contributed by atoms with Crippen molar-refractivity contribution in [3.8, 4) is 5.88 Å². The van der Waals surface area contributed by atoms with Crippen molar-refractivity contribution in [1.29, 1.82) is 0 Å². The van der Waals surface area contributed by atoms with Crippen LogP contribution >= 0.6 is 11.6 Å². The first kappa shape index (κ1) is 13.2. The quantitative estimate of drug-likeness (QED) is 0.780. The second-order valence-electron chi connectivity index (χ2n) is 4.64. The summed E-state index contributed by atoms with van der Waals surface area (Å²) in [5.41, 5.74) is 0.0303. The van der Waals surface area contributed by atoms with Gasteiger partial charge >= 0.3 is 0 Å². The van der Waals surface area contributed by atoms with Crippen molar-refractivity contribution in [1.82, 2.24) is 4.98 Å². The summed E-state index contributed by atoms with van der Waals surface area (Å²) in [6.45, 7) is 6.74. The fraction of sp³-hybridized carbons (Fsp3) is 0.583. The van der Waals surface area contributed by atoms with E-state index in [-0.39, 0.29) is 16.3 Å². The largest absolute Gasteiger partial charge is 0.475 e. The lowest BCUT2D eigenvalue weighted by Gasteiger charge is -2.23. The molecule has 0 aliphatic carbocycles. The molecular weight excluding hydrogens is 229 g/mol. The smallest absolute Gasteiger partial charge is 0.250 e. The van der Waals surface area contributed by atoms with Crippen LogP contribution in [-0.4, -0.2) is 11.6 Å². The van der Waals surface area contributed by atoms with Gasteiger partial charge in [0.15, 0.2) is 5.82 Å². The Kier molecular flexibility index (Phi) is 4.54. The predicted octanol–water partition coefficient (Wildman–Crippen LogP) is 4.08. The van der Waals surface area contributed by atoms with E-state index in [9.17, 15) is 4.39 Å². The lowest BCUT2D eigenvalue weighted by Crippen LogP contribution is -2.21. The van der Waals surface area contributed by atoms with Crippen molar-refractivity contribution in [3.05, 3.63) is 23.1 Å². The Balaban J connectivity index is 2.61. The van der Waals surface area contributed by atoms with Crippen molar-refractivity contribution in [2.45, 2.75) is 33.6 Å². The zero-order chi connectivity index (χ0) is 12.2. The van der Waals surface area contributed by atoms with Gasteiger partial charge in [-0.1, -0.05) is 38.8 Å². The highest BCUT2D eigenvalue weighted by Crippen LogP contribution is 2.25. The standard InChI is InChI=1S/C12H17ClFNO/c1-4-5-12(2,3)8-16-11-10(14)6-9(13)7-15-11/h6-7H,4-5,8H2,1-3H3. The summed E-state index contributed by atoms with van der Waals surface area (Å²) in [6, 6.07) is 1.21. The third-order valence-corrected chi connectivity index (χ3v) is 2.51. The monoisotopic (exact) mass is 245 g/mol. The van der Waals surface area contributed by atoms with E-state index in [0.29, 0.717) is 6.61 Å². The molecule has 90 valence electrons. The average Bonchev–Trinajstić information content (AvgIpc) is 2.16. The molecule has 1 aromatic rings. The van der Waals surface area contributed by atoms with E-state index < -0.39 is 5.82 Å². The van der Waals surface area contributed by atoms with Crippen LogP contribution < -0.4 is 4.74 Å². The normalized spacial score (nSPS) is 11.6. The summed E-state index contributed by atoms with van der Waals surface area (Å²) in [5.74, 6) is -0.492. The van der Waals surface area contributed by atoms with Crippen molar-refractivity contribution in [2.75, 3.05) is 6.61 Å². The Labute approximate surface area is 101 Å². The molecule has 0 radical (unpaired) electrons. The number of ether oxygens (including phenoxy) is 1. The summed E-state index contributed by atoms with van der Waals surface area (Å²) in [7, 11) is 0. The molecule has 16 heavy (non-hydrogen) atoms. The molecule has 0 saturated heterocycles. The van der Waals surface area contributed by atoms with E-state index in [1.54, 1.807) is 0 Å². The number of hydrogen-bond donors (Lipinski definition) is 0. The molecule has 0 N–H and O–H groups in total. The van der Waals surface area contributed by atoms with Crippen LogP contribution in [0.5, 0.6) is 5.88 Å². The first-order valence-electron chi connectivity index (χ1n) is 5.38. The Morgan fingerprint density at radius 2 is 2.19 bits per heavy atom. The second kappa shape index (κ2) is 5.48. The Bertz CT molecular complexity index is 355. The number of nitrogens with zero attached hydrogens (tertiary/aromatic N) is 1. The molecule has 2 nitrogen and oxygen atoms in total. The zero-order valence-corrected chi connectivity index (χ0v) is 10.6. The van der Waals surface area contributed by atoms with Gasteiger partial charge in [-0.25, -0.2) is 9.37 Å². The topological polar surface area (TPSA) is 22.1 Å². The molecule has 0 unspecified atom stereocenters. The lowest BCUT2D eigenvalue weighted by atomic mass is 9.89. The van der Waals surface area contributed by atoms with Crippen LogP contribution in [0.1, 0.15) is 33.6 Å². The third kappa shape index (κ3) is 3.97. The number of pyridine rings is 1. The molecule has 0 amide bonds. The third-order valence-electron chi connectivity index (χ3n) is 2.30. The molecule has 0 aliphatic rings. The highest BCUT2D eigenvalue weighted by Gasteiger charge is 2.19. The van der Waals surface area contributed by atoms with Crippen LogP contribution in [0.15, 0.2) is 12.3 Å². The van der Waals surface area contributed by atoms with Gasteiger partial charge in [-0.05, 0) is 17.9 Å². The van der Waals surface area contributed by atoms with Gasteiger partial charge in [0.25, 0.3) is 0 Å². The fourth-order valence-corrected chi connectivity index (χ4v) is 1.67. The molecule has 1 aromatic heterocycles. The van der Waals surface area contributed by atoms with Gasteiger partial charge in [-0.3, -0.25) is 0 Å². The lowest BCUT2D eigenvalue weighted by molar-refractivity contribution is 0.158. The van der Waals surface area contributed by atoms with Crippen molar-refractivity contribution >= 4 is 11.6 Å². The molecule has 1 rings (SSSR count). The second-order valence-corrected chi connectivity index (χ2v) is 5.08. The molecule has 0 saturated carbocycles. The first-order valence-corrected chi connectivity index (χ1v) is 5.76. The van der Waals surface area contributed by atoms with Crippen LogP contribution in [0.2, 0.25) is 5.02 Å².